The molecule has 27 heavy (non-hydrogen) atoms. The molecule has 6 nitrogen and oxygen atoms in total. The predicted molar refractivity (Wildman–Crippen MR) is 105 cm³/mol. The number of nitrogens with zero attached hydrogens (tertiary/aromatic N) is 1. The number of hydrogen-bond donors (Lipinski definition) is 3. The molecule has 0 spiro atoms. The Morgan fingerprint density at radius 1 is 1.15 bits per heavy atom. The van der Waals surface area contributed by atoms with E-state index in [1.54, 1.807) is 19.2 Å². The van der Waals surface area contributed by atoms with Gasteiger partial charge in [0, 0.05) is 30.8 Å². The number of amides is 2. The van der Waals surface area contributed by atoms with E-state index in [4.69, 9.17) is 0 Å². The summed E-state index contributed by atoms with van der Waals surface area (Å²) in [7, 11) is 1.56. The zero-order chi connectivity index (χ0) is 19.2. The lowest BCUT2D eigenvalue weighted by atomic mass is 10.1. The highest BCUT2D eigenvalue weighted by atomic mass is 16.2. The number of pyridine rings is 1. The minimum absolute atomic E-state index is 0.152. The van der Waals surface area contributed by atoms with E-state index in [2.05, 4.69) is 27.9 Å². The molecule has 6 heteroatoms. The molecule has 2 amide bonds. The molecule has 142 valence electrons. The van der Waals surface area contributed by atoms with Gasteiger partial charge in [-0.05, 0) is 43.1 Å². The third-order valence-electron chi connectivity index (χ3n) is 4.72. The molecule has 1 fully saturated rings. The summed E-state index contributed by atoms with van der Waals surface area (Å²) in [4.78, 5) is 29.2. The molecule has 0 aliphatic heterocycles. The number of aromatic nitrogens is 1. The molecule has 1 aromatic heterocycles. The molecule has 1 aromatic carbocycles. The lowest BCUT2D eigenvalue weighted by Gasteiger charge is -2.10. The summed E-state index contributed by atoms with van der Waals surface area (Å²) in [5, 5.41) is 8.95. The van der Waals surface area contributed by atoms with E-state index >= 15 is 0 Å². The zero-order valence-electron chi connectivity index (χ0n) is 15.8. The summed E-state index contributed by atoms with van der Waals surface area (Å²) in [5.74, 6) is 0.0363. The zero-order valence-corrected chi connectivity index (χ0v) is 15.8. The summed E-state index contributed by atoms with van der Waals surface area (Å²) in [6.45, 7) is 3.92. The van der Waals surface area contributed by atoms with Crippen molar-refractivity contribution in [2.75, 3.05) is 20.1 Å². The van der Waals surface area contributed by atoms with Gasteiger partial charge in [0.1, 0.15) is 5.69 Å². The minimum Gasteiger partial charge on any atom is -0.354 e. The second-order valence-electron chi connectivity index (χ2n) is 6.86. The van der Waals surface area contributed by atoms with Crippen molar-refractivity contribution in [3.05, 3.63) is 65.0 Å². The molecule has 0 bridgehead atoms. The number of carbonyl (C=O) groups is 2. The van der Waals surface area contributed by atoms with Crippen LogP contribution in [-0.2, 0) is 6.42 Å². The highest BCUT2D eigenvalue weighted by Crippen LogP contribution is 2.29. The maximum atomic E-state index is 12.7. The van der Waals surface area contributed by atoms with Gasteiger partial charge >= 0.3 is 0 Å². The van der Waals surface area contributed by atoms with Crippen LogP contribution in [0.25, 0.3) is 0 Å². The molecule has 0 unspecified atom stereocenters. The van der Waals surface area contributed by atoms with E-state index in [0.717, 1.165) is 25.1 Å². The van der Waals surface area contributed by atoms with Crippen LogP contribution in [0.5, 0.6) is 0 Å². The lowest BCUT2D eigenvalue weighted by molar-refractivity contribution is 0.0949. The summed E-state index contributed by atoms with van der Waals surface area (Å²) in [6, 6.07) is 13.4. The van der Waals surface area contributed by atoms with E-state index in [1.807, 2.05) is 30.3 Å². The minimum atomic E-state index is -0.296. The van der Waals surface area contributed by atoms with Crippen LogP contribution in [0.3, 0.4) is 0 Å². The Bertz CT molecular complexity index is 807. The quantitative estimate of drug-likeness (QED) is 0.665. The van der Waals surface area contributed by atoms with Gasteiger partial charge in [-0.1, -0.05) is 37.3 Å². The Kier molecular flexibility index (Phi) is 6.19. The molecule has 1 aliphatic carbocycles. The highest BCUT2D eigenvalue weighted by Gasteiger charge is 2.37. The van der Waals surface area contributed by atoms with Crippen molar-refractivity contribution in [2.24, 2.45) is 5.92 Å². The van der Waals surface area contributed by atoms with Gasteiger partial charge in [-0.2, -0.15) is 0 Å². The maximum Gasteiger partial charge on any atom is 0.269 e. The lowest BCUT2D eigenvalue weighted by Crippen LogP contribution is -2.30. The average molecular weight is 366 g/mol. The van der Waals surface area contributed by atoms with Crippen LogP contribution in [0.2, 0.25) is 0 Å². The van der Waals surface area contributed by atoms with Crippen LogP contribution < -0.4 is 16.0 Å². The number of nitrogens with one attached hydrogen (secondary N) is 3. The molecule has 1 heterocycles. The van der Waals surface area contributed by atoms with Crippen LogP contribution in [0.15, 0.2) is 42.5 Å². The van der Waals surface area contributed by atoms with Crippen LogP contribution in [0.4, 0.5) is 0 Å². The van der Waals surface area contributed by atoms with Crippen LogP contribution >= 0.6 is 0 Å². The third-order valence-corrected chi connectivity index (χ3v) is 4.72. The molecule has 3 rings (SSSR count). The van der Waals surface area contributed by atoms with E-state index in [1.165, 1.54) is 0 Å². The standard InChI is InChI=1S/C21H26N4O2/c1-3-23-13-16-12-18(16)25-20(26)15-10-17(9-14-7-5-4-6-8-14)24-19(11-15)21(27)22-2/h4-8,10-11,16,18,23H,3,9,12-13H2,1-2H3,(H,22,27)(H,25,26)/t16-,18+/m0/s1. The Morgan fingerprint density at radius 2 is 1.93 bits per heavy atom. The first-order valence-electron chi connectivity index (χ1n) is 9.39. The molecule has 0 saturated heterocycles. The molecule has 3 N–H and O–H groups in total. The number of benzene rings is 1. The van der Waals surface area contributed by atoms with Gasteiger partial charge in [0.15, 0.2) is 0 Å². The van der Waals surface area contributed by atoms with E-state index in [9.17, 15) is 9.59 Å². The molecule has 1 aliphatic rings. The van der Waals surface area contributed by atoms with Crippen molar-refractivity contribution < 1.29 is 9.59 Å². The fraction of sp³-hybridized carbons (Fsp3) is 0.381. The topological polar surface area (TPSA) is 83.1 Å². The van der Waals surface area contributed by atoms with Crippen molar-refractivity contribution in [2.45, 2.75) is 25.8 Å². The van der Waals surface area contributed by atoms with Gasteiger partial charge in [-0.15, -0.1) is 0 Å². The van der Waals surface area contributed by atoms with Crippen LogP contribution in [0.1, 0.15) is 45.4 Å². The van der Waals surface area contributed by atoms with Crippen LogP contribution in [-0.4, -0.2) is 43.0 Å². The normalized spacial score (nSPS) is 18.0. The summed E-state index contributed by atoms with van der Waals surface area (Å²) >= 11 is 0. The van der Waals surface area contributed by atoms with Crippen molar-refractivity contribution in [3.8, 4) is 0 Å². The molecule has 2 atom stereocenters. The Balaban J connectivity index is 1.76. The average Bonchev–Trinajstić information content (AvgIpc) is 3.43. The van der Waals surface area contributed by atoms with E-state index in [-0.39, 0.29) is 23.6 Å². The van der Waals surface area contributed by atoms with Gasteiger partial charge in [-0.3, -0.25) is 9.59 Å². The predicted octanol–water partition coefficient (Wildman–Crippen LogP) is 1.76. The van der Waals surface area contributed by atoms with E-state index < -0.39 is 0 Å². The van der Waals surface area contributed by atoms with Gasteiger partial charge in [-0.25, -0.2) is 4.98 Å². The molecular formula is C21H26N4O2. The van der Waals surface area contributed by atoms with E-state index in [0.29, 0.717) is 23.6 Å². The van der Waals surface area contributed by atoms with Crippen molar-refractivity contribution in [1.82, 2.24) is 20.9 Å². The monoisotopic (exact) mass is 366 g/mol. The van der Waals surface area contributed by atoms with Crippen molar-refractivity contribution in [1.29, 1.82) is 0 Å². The Morgan fingerprint density at radius 3 is 2.63 bits per heavy atom. The van der Waals surface area contributed by atoms with Gasteiger partial charge in [0.25, 0.3) is 11.8 Å². The number of hydrogen-bond acceptors (Lipinski definition) is 4. The second kappa shape index (κ2) is 8.77. The van der Waals surface area contributed by atoms with Crippen LogP contribution in [0, 0.1) is 5.92 Å². The Labute approximate surface area is 159 Å². The third kappa shape index (κ3) is 5.14. The first-order valence-corrected chi connectivity index (χ1v) is 9.39. The molecule has 2 aromatic rings. The maximum absolute atomic E-state index is 12.7. The van der Waals surface area contributed by atoms with Gasteiger partial charge in [0.05, 0.1) is 0 Å². The smallest absolute Gasteiger partial charge is 0.269 e. The first-order chi connectivity index (χ1) is 13.1. The molecular weight excluding hydrogens is 340 g/mol. The molecule has 1 saturated carbocycles. The number of carbonyl (C=O) groups excluding carboxylic acids is 2. The number of rotatable bonds is 8. The van der Waals surface area contributed by atoms with Crippen molar-refractivity contribution >= 4 is 11.8 Å². The summed E-state index contributed by atoms with van der Waals surface area (Å²) in [6.07, 6.45) is 1.56. The fourth-order valence-corrected chi connectivity index (χ4v) is 3.09. The summed E-state index contributed by atoms with van der Waals surface area (Å²) in [5.41, 5.74) is 2.52. The summed E-state index contributed by atoms with van der Waals surface area (Å²) < 4.78 is 0. The fourth-order valence-electron chi connectivity index (χ4n) is 3.09. The SMILES string of the molecule is CCNC[C@@H]1C[C@H]1NC(=O)c1cc(Cc2ccccc2)nc(C(=O)NC)c1. The first kappa shape index (κ1) is 19.0. The largest absolute Gasteiger partial charge is 0.354 e. The highest BCUT2D eigenvalue weighted by molar-refractivity contribution is 5.98. The van der Waals surface area contributed by atoms with Crippen molar-refractivity contribution in [3.63, 3.8) is 0 Å². The Hall–Kier alpha value is -2.73. The second-order valence-corrected chi connectivity index (χ2v) is 6.86. The van der Waals surface area contributed by atoms with Gasteiger partial charge < -0.3 is 16.0 Å². The van der Waals surface area contributed by atoms with Gasteiger partial charge in [0.2, 0.25) is 0 Å². The molecule has 0 radical (unpaired) electrons.